The second-order valence-electron chi connectivity index (χ2n) is 4.97. The molecule has 3 rings (SSSR count). The maximum atomic E-state index is 11.3. The number of imidazole rings is 1. The molecule has 1 aromatic heterocycles. The van der Waals surface area contributed by atoms with Crippen molar-refractivity contribution in [3.8, 4) is 11.5 Å². The second-order valence-corrected chi connectivity index (χ2v) is 4.97. The Labute approximate surface area is 121 Å². The number of hydrogen-bond acceptors (Lipinski definition) is 5. The van der Waals surface area contributed by atoms with Crippen LogP contribution in [0, 0.1) is 0 Å². The van der Waals surface area contributed by atoms with Gasteiger partial charge in [-0.05, 0) is 12.8 Å². The number of aromatic nitrogens is 2. The van der Waals surface area contributed by atoms with Crippen molar-refractivity contribution in [1.29, 1.82) is 0 Å². The van der Waals surface area contributed by atoms with E-state index in [1.807, 2.05) is 0 Å². The van der Waals surface area contributed by atoms with Crippen LogP contribution in [0.1, 0.15) is 12.8 Å². The molecular weight excluding hydrogens is 274 g/mol. The van der Waals surface area contributed by atoms with Gasteiger partial charge in [-0.25, -0.2) is 9.78 Å². The van der Waals surface area contributed by atoms with Gasteiger partial charge in [-0.3, -0.25) is 0 Å². The lowest BCUT2D eigenvalue weighted by Crippen LogP contribution is -2.36. The van der Waals surface area contributed by atoms with Gasteiger partial charge in [0.15, 0.2) is 11.5 Å². The van der Waals surface area contributed by atoms with Gasteiger partial charge in [0.25, 0.3) is 0 Å². The summed E-state index contributed by atoms with van der Waals surface area (Å²) in [6.07, 6.45) is 1.49. The highest BCUT2D eigenvalue weighted by Crippen LogP contribution is 2.33. The monoisotopic (exact) mass is 291 g/mol. The quantitative estimate of drug-likeness (QED) is 0.890. The minimum Gasteiger partial charge on any atom is -0.493 e. The van der Waals surface area contributed by atoms with E-state index in [1.165, 1.54) is 0 Å². The summed E-state index contributed by atoms with van der Waals surface area (Å²) in [6, 6.07) is 3.06. The number of carboxylic acid groups (broad SMARTS) is 1. The van der Waals surface area contributed by atoms with Crippen molar-refractivity contribution in [3.05, 3.63) is 12.1 Å². The molecule has 2 aromatic rings. The van der Waals surface area contributed by atoms with Gasteiger partial charge in [-0.2, -0.15) is 0 Å². The summed E-state index contributed by atoms with van der Waals surface area (Å²) in [5.41, 5.74) is 1.51. The molecule has 2 N–H and O–H groups in total. The zero-order valence-electron chi connectivity index (χ0n) is 11.9. The van der Waals surface area contributed by atoms with Crippen LogP contribution in [0.4, 0.5) is 5.95 Å². The van der Waals surface area contributed by atoms with Crippen molar-refractivity contribution in [2.24, 2.45) is 0 Å². The number of hydrogen-bond donors (Lipinski definition) is 2. The number of methoxy groups -OCH3 is 2. The normalized spacial score (nSPS) is 18.2. The fourth-order valence-electron chi connectivity index (χ4n) is 2.74. The molecule has 0 aliphatic carbocycles. The van der Waals surface area contributed by atoms with Crippen LogP contribution in [-0.2, 0) is 4.79 Å². The Morgan fingerprint density at radius 1 is 1.38 bits per heavy atom. The van der Waals surface area contributed by atoms with Crippen LogP contribution >= 0.6 is 0 Å². The van der Waals surface area contributed by atoms with Crippen LogP contribution in [0.2, 0.25) is 0 Å². The molecule has 7 heteroatoms. The summed E-state index contributed by atoms with van der Waals surface area (Å²) in [5.74, 6) is 0.962. The first kappa shape index (κ1) is 13.5. The zero-order chi connectivity index (χ0) is 15.0. The van der Waals surface area contributed by atoms with Crippen LogP contribution in [0.25, 0.3) is 11.0 Å². The average molecular weight is 291 g/mol. The van der Waals surface area contributed by atoms with E-state index in [0.717, 1.165) is 17.5 Å². The summed E-state index contributed by atoms with van der Waals surface area (Å²) in [7, 11) is 3.14. The fourth-order valence-corrected chi connectivity index (χ4v) is 2.74. The number of aromatic amines is 1. The summed E-state index contributed by atoms with van der Waals surface area (Å²) >= 11 is 0. The highest BCUT2D eigenvalue weighted by atomic mass is 16.5. The number of ether oxygens (including phenoxy) is 2. The molecule has 1 aliphatic rings. The van der Waals surface area contributed by atoms with Gasteiger partial charge in [-0.15, -0.1) is 0 Å². The molecule has 1 fully saturated rings. The third-order valence-corrected chi connectivity index (χ3v) is 3.78. The predicted octanol–water partition coefficient (Wildman–Crippen LogP) is 1.63. The van der Waals surface area contributed by atoms with E-state index in [1.54, 1.807) is 31.3 Å². The molecule has 112 valence electrons. The Hall–Kier alpha value is -2.44. The molecule has 0 radical (unpaired) electrons. The SMILES string of the molecule is COc1cc2nc(N3CCCC3C(=O)O)[nH]c2cc1OC. The Balaban J connectivity index is 2.03. The van der Waals surface area contributed by atoms with Crippen molar-refractivity contribution < 1.29 is 19.4 Å². The Bertz CT molecular complexity index is 641. The highest BCUT2D eigenvalue weighted by Gasteiger charge is 2.32. The van der Waals surface area contributed by atoms with Gasteiger partial charge in [0.05, 0.1) is 25.3 Å². The fraction of sp³-hybridized carbons (Fsp3) is 0.429. The number of benzene rings is 1. The Morgan fingerprint density at radius 3 is 2.76 bits per heavy atom. The molecule has 1 saturated heterocycles. The van der Waals surface area contributed by atoms with Crippen molar-refractivity contribution in [2.75, 3.05) is 25.7 Å². The Morgan fingerprint density at radius 2 is 2.10 bits per heavy atom. The third-order valence-electron chi connectivity index (χ3n) is 3.78. The van der Waals surface area contributed by atoms with E-state index in [2.05, 4.69) is 9.97 Å². The van der Waals surface area contributed by atoms with Crippen LogP contribution in [0.3, 0.4) is 0 Å². The molecule has 1 atom stereocenters. The largest absolute Gasteiger partial charge is 0.493 e. The molecule has 2 heterocycles. The molecule has 1 aromatic carbocycles. The maximum absolute atomic E-state index is 11.3. The van der Waals surface area contributed by atoms with Crippen molar-refractivity contribution in [3.63, 3.8) is 0 Å². The molecule has 1 unspecified atom stereocenters. The van der Waals surface area contributed by atoms with E-state index in [4.69, 9.17) is 9.47 Å². The average Bonchev–Trinajstić information content (AvgIpc) is 3.11. The number of carbonyl (C=O) groups is 1. The smallest absolute Gasteiger partial charge is 0.326 e. The third kappa shape index (κ3) is 2.24. The van der Waals surface area contributed by atoms with E-state index in [0.29, 0.717) is 30.4 Å². The maximum Gasteiger partial charge on any atom is 0.326 e. The molecule has 21 heavy (non-hydrogen) atoms. The van der Waals surface area contributed by atoms with E-state index in [9.17, 15) is 9.90 Å². The molecule has 0 bridgehead atoms. The number of nitrogens with zero attached hydrogens (tertiary/aromatic N) is 2. The first-order valence-electron chi connectivity index (χ1n) is 6.75. The first-order valence-corrected chi connectivity index (χ1v) is 6.75. The molecule has 1 aliphatic heterocycles. The number of aliphatic carboxylic acids is 1. The van der Waals surface area contributed by atoms with E-state index in [-0.39, 0.29) is 0 Å². The molecule has 0 amide bonds. The second kappa shape index (κ2) is 5.16. The number of fused-ring (bicyclic) bond motifs is 1. The van der Waals surface area contributed by atoms with Gasteiger partial charge in [0.2, 0.25) is 5.95 Å². The van der Waals surface area contributed by atoms with Gasteiger partial charge < -0.3 is 24.5 Å². The van der Waals surface area contributed by atoms with Gasteiger partial charge >= 0.3 is 5.97 Å². The van der Waals surface area contributed by atoms with Crippen LogP contribution in [-0.4, -0.2) is 47.8 Å². The van der Waals surface area contributed by atoms with Crippen LogP contribution < -0.4 is 14.4 Å². The standard InChI is InChI=1S/C14H17N3O4/c1-20-11-6-8-9(7-12(11)21-2)16-14(15-8)17-5-3-4-10(17)13(18)19/h6-7,10H,3-5H2,1-2H3,(H,15,16)(H,18,19). The van der Waals surface area contributed by atoms with Gasteiger partial charge in [0.1, 0.15) is 6.04 Å². The van der Waals surface area contributed by atoms with Crippen molar-refractivity contribution in [2.45, 2.75) is 18.9 Å². The van der Waals surface area contributed by atoms with E-state index >= 15 is 0 Å². The Kier molecular flexibility index (Phi) is 3.32. The van der Waals surface area contributed by atoms with Crippen molar-refractivity contribution in [1.82, 2.24) is 9.97 Å². The number of carboxylic acids is 1. The van der Waals surface area contributed by atoms with Crippen LogP contribution in [0.15, 0.2) is 12.1 Å². The highest BCUT2D eigenvalue weighted by molar-refractivity contribution is 5.83. The molecule has 0 spiro atoms. The van der Waals surface area contributed by atoms with Gasteiger partial charge in [0, 0.05) is 18.7 Å². The number of rotatable bonds is 4. The number of anilines is 1. The summed E-state index contributed by atoms with van der Waals surface area (Å²) in [5, 5.41) is 9.26. The molecule has 7 nitrogen and oxygen atoms in total. The topological polar surface area (TPSA) is 87.7 Å². The summed E-state index contributed by atoms with van der Waals surface area (Å²) < 4.78 is 10.5. The van der Waals surface area contributed by atoms with Crippen LogP contribution in [0.5, 0.6) is 11.5 Å². The zero-order valence-corrected chi connectivity index (χ0v) is 11.9. The van der Waals surface area contributed by atoms with Gasteiger partial charge in [-0.1, -0.05) is 0 Å². The minimum absolute atomic E-state index is 0.519. The van der Waals surface area contributed by atoms with Crippen molar-refractivity contribution >= 4 is 23.0 Å². The van der Waals surface area contributed by atoms with E-state index < -0.39 is 12.0 Å². The summed E-state index contributed by atoms with van der Waals surface area (Å²) in [4.78, 5) is 20.7. The molecule has 0 saturated carbocycles. The minimum atomic E-state index is -0.817. The summed E-state index contributed by atoms with van der Waals surface area (Å²) in [6.45, 7) is 0.686. The lowest BCUT2D eigenvalue weighted by Gasteiger charge is -2.19. The number of nitrogens with one attached hydrogen (secondary N) is 1. The predicted molar refractivity (Wildman–Crippen MR) is 77.2 cm³/mol. The number of H-pyrrole nitrogens is 1. The first-order chi connectivity index (χ1) is 10.1. The lowest BCUT2D eigenvalue weighted by molar-refractivity contribution is -0.138. The molecular formula is C14H17N3O4. The lowest BCUT2D eigenvalue weighted by atomic mass is 10.2.